The van der Waals surface area contributed by atoms with Crippen LogP contribution in [0, 0.1) is 0 Å². The van der Waals surface area contributed by atoms with Crippen molar-refractivity contribution in [2.24, 2.45) is 0 Å². The summed E-state index contributed by atoms with van der Waals surface area (Å²) < 4.78 is 1.01. The number of halogens is 1. The lowest BCUT2D eigenvalue weighted by molar-refractivity contribution is 0.588. The van der Waals surface area contributed by atoms with Gasteiger partial charge in [-0.25, -0.2) is 4.98 Å². The normalized spacial score (nSPS) is 10.9. The molecule has 0 aliphatic heterocycles. The van der Waals surface area contributed by atoms with Crippen molar-refractivity contribution in [3.8, 4) is 0 Å². The predicted octanol–water partition coefficient (Wildman–Crippen LogP) is 4.49. The van der Waals surface area contributed by atoms with Crippen LogP contribution >= 0.6 is 27.7 Å². The first kappa shape index (κ1) is 14.6. The van der Waals surface area contributed by atoms with Crippen LogP contribution in [0.5, 0.6) is 0 Å². The van der Waals surface area contributed by atoms with Gasteiger partial charge >= 0.3 is 0 Å². The lowest BCUT2D eigenvalue weighted by Gasteiger charge is -2.08. The summed E-state index contributed by atoms with van der Waals surface area (Å²) >= 11 is 5.07. The molecule has 0 unspecified atom stereocenters. The third kappa shape index (κ3) is 4.97. The zero-order valence-electron chi connectivity index (χ0n) is 11.1. The van der Waals surface area contributed by atoms with Crippen molar-refractivity contribution in [1.82, 2.24) is 10.3 Å². The van der Waals surface area contributed by atoms with Crippen molar-refractivity contribution >= 4 is 27.7 Å². The summed E-state index contributed by atoms with van der Waals surface area (Å²) in [6.07, 6.45) is 1.82. The standard InChI is InChI=1S/C15H17BrN2S/c1-11(2)17-9-12-3-6-14(7-4-12)19-15-8-5-13(16)10-18-15/h3-8,10-11,17H,9H2,1-2H3. The molecule has 1 N–H and O–H groups in total. The molecule has 1 aromatic carbocycles. The Morgan fingerprint density at radius 1 is 1.16 bits per heavy atom. The molecule has 1 heterocycles. The molecule has 19 heavy (non-hydrogen) atoms. The minimum atomic E-state index is 0.515. The average Bonchev–Trinajstić information content (AvgIpc) is 2.40. The van der Waals surface area contributed by atoms with Gasteiger partial charge in [0.05, 0.1) is 0 Å². The highest BCUT2D eigenvalue weighted by molar-refractivity contribution is 9.10. The van der Waals surface area contributed by atoms with E-state index in [9.17, 15) is 0 Å². The lowest BCUT2D eigenvalue weighted by atomic mass is 10.2. The number of benzene rings is 1. The van der Waals surface area contributed by atoms with Crippen LogP contribution in [0.25, 0.3) is 0 Å². The molecule has 0 aliphatic rings. The van der Waals surface area contributed by atoms with E-state index in [1.54, 1.807) is 11.8 Å². The van der Waals surface area contributed by atoms with Crippen molar-refractivity contribution < 1.29 is 0 Å². The van der Waals surface area contributed by atoms with Crippen molar-refractivity contribution in [1.29, 1.82) is 0 Å². The SMILES string of the molecule is CC(C)NCc1ccc(Sc2ccc(Br)cn2)cc1. The highest BCUT2D eigenvalue weighted by Crippen LogP contribution is 2.26. The molecule has 1 aromatic heterocycles. The van der Waals surface area contributed by atoms with Gasteiger partial charge in [-0.2, -0.15) is 0 Å². The molecular weight excluding hydrogens is 320 g/mol. The fraction of sp³-hybridized carbons (Fsp3) is 0.267. The van der Waals surface area contributed by atoms with Gasteiger partial charge in [-0.3, -0.25) is 0 Å². The highest BCUT2D eigenvalue weighted by Gasteiger charge is 2.00. The van der Waals surface area contributed by atoms with E-state index in [2.05, 4.69) is 64.3 Å². The van der Waals surface area contributed by atoms with Gasteiger partial charge in [0.1, 0.15) is 5.03 Å². The van der Waals surface area contributed by atoms with Gasteiger partial charge in [0.2, 0.25) is 0 Å². The highest BCUT2D eigenvalue weighted by atomic mass is 79.9. The molecule has 0 radical (unpaired) electrons. The van der Waals surface area contributed by atoms with Gasteiger partial charge in [0, 0.05) is 28.2 Å². The molecule has 2 nitrogen and oxygen atoms in total. The number of hydrogen-bond donors (Lipinski definition) is 1. The number of rotatable bonds is 5. The smallest absolute Gasteiger partial charge is 0.101 e. The van der Waals surface area contributed by atoms with E-state index in [4.69, 9.17) is 0 Å². The quantitative estimate of drug-likeness (QED) is 0.870. The van der Waals surface area contributed by atoms with Crippen LogP contribution in [0.1, 0.15) is 19.4 Å². The van der Waals surface area contributed by atoms with Crippen LogP contribution in [0.2, 0.25) is 0 Å². The molecule has 100 valence electrons. The summed E-state index contributed by atoms with van der Waals surface area (Å²) in [5.74, 6) is 0. The molecule has 0 fully saturated rings. The van der Waals surface area contributed by atoms with E-state index in [0.29, 0.717) is 6.04 Å². The zero-order chi connectivity index (χ0) is 13.7. The van der Waals surface area contributed by atoms with Crippen molar-refractivity contribution in [2.45, 2.75) is 36.4 Å². The minimum Gasteiger partial charge on any atom is -0.310 e. The van der Waals surface area contributed by atoms with E-state index >= 15 is 0 Å². The average molecular weight is 337 g/mol. The van der Waals surface area contributed by atoms with E-state index in [1.165, 1.54) is 10.5 Å². The molecule has 0 amide bonds. The maximum absolute atomic E-state index is 4.36. The Morgan fingerprint density at radius 3 is 2.47 bits per heavy atom. The molecule has 4 heteroatoms. The molecule has 0 saturated heterocycles. The van der Waals surface area contributed by atoms with Crippen molar-refractivity contribution in [2.75, 3.05) is 0 Å². The van der Waals surface area contributed by atoms with E-state index in [-0.39, 0.29) is 0 Å². The number of nitrogens with zero attached hydrogens (tertiary/aromatic N) is 1. The zero-order valence-corrected chi connectivity index (χ0v) is 13.5. The first-order chi connectivity index (χ1) is 9.13. The number of aromatic nitrogens is 1. The summed E-state index contributed by atoms with van der Waals surface area (Å²) in [5.41, 5.74) is 1.31. The molecule has 2 aromatic rings. The maximum atomic E-state index is 4.36. The van der Waals surface area contributed by atoms with Gasteiger partial charge in [0.25, 0.3) is 0 Å². The monoisotopic (exact) mass is 336 g/mol. The van der Waals surface area contributed by atoms with E-state index in [1.807, 2.05) is 18.3 Å². The van der Waals surface area contributed by atoms with Gasteiger partial charge in [-0.15, -0.1) is 0 Å². The van der Waals surface area contributed by atoms with Gasteiger partial charge in [-0.05, 0) is 45.8 Å². The van der Waals surface area contributed by atoms with Crippen LogP contribution in [0.3, 0.4) is 0 Å². The molecular formula is C15H17BrN2S. The van der Waals surface area contributed by atoms with Gasteiger partial charge in [-0.1, -0.05) is 37.7 Å². The summed E-state index contributed by atoms with van der Waals surface area (Å²) in [4.78, 5) is 5.57. The third-order valence-corrected chi connectivity index (χ3v) is 3.99. The maximum Gasteiger partial charge on any atom is 0.101 e. The van der Waals surface area contributed by atoms with E-state index < -0.39 is 0 Å². The predicted molar refractivity (Wildman–Crippen MR) is 84.5 cm³/mol. The second kappa shape index (κ2) is 7.08. The Morgan fingerprint density at radius 2 is 1.89 bits per heavy atom. The summed E-state index contributed by atoms with van der Waals surface area (Å²) in [6.45, 7) is 5.23. The molecule has 0 bridgehead atoms. The Kier molecular flexibility index (Phi) is 5.43. The summed E-state index contributed by atoms with van der Waals surface area (Å²) in [7, 11) is 0. The van der Waals surface area contributed by atoms with Crippen LogP contribution in [-0.4, -0.2) is 11.0 Å². The lowest BCUT2D eigenvalue weighted by Crippen LogP contribution is -2.21. The summed E-state index contributed by atoms with van der Waals surface area (Å²) in [6, 6.07) is 13.2. The van der Waals surface area contributed by atoms with Gasteiger partial charge < -0.3 is 5.32 Å². The van der Waals surface area contributed by atoms with Gasteiger partial charge in [0.15, 0.2) is 0 Å². The minimum absolute atomic E-state index is 0.515. The second-order valence-corrected chi connectivity index (χ2v) is 6.61. The molecule has 0 aliphatic carbocycles. The topological polar surface area (TPSA) is 24.9 Å². The van der Waals surface area contributed by atoms with Crippen molar-refractivity contribution in [3.05, 3.63) is 52.6 Å². The molecule has 2 rings (SSSR count). The van der Waals surface area contributed by atoms with Crippen LogP contribution in [0.15, 0.2) is 57.0 Å². The molecule has 0 saturated carbocycles. The molecule has 0 spiro atoms. The second-order valence-electron chi connectivity index (χ2n) is 4.60. The van der Waals surface area contributed by atoms with Crippen LogP contribution in [-0.2, 0) is 6.54 Å². The molecule has 0 atom stereocenters. The largest absolute Gasteiger partial charge is 0.310 e. The van der Waals surface area contributed by atoms with Crippen molar-refractivity contribution in [3.63, 3.8) is 0 Å². The fourth-order valence-corrected chi connectivity index (χ4v) is 2.53. The number of pyridine rings is 1. The Hall–Kier alpha value is -0.840. The number of hydrogen-bond acceptors (Lipinski definition) is 3. The Labute approximate surface area is 127 Å². The van der Waals surface area contributed by atoms with Crippen LogP contribution < -0.4 is 5.32 Å². The first-order valence-corrected chi connectivity index (χ1v) is 7.86. The summed E-state index contributed by atoms with van der Waals surface area (Å²) in [5, 5.41) is 4.42. The first-order valence-electron chi connectivity index (χ1n) is 6.25. The number of nitrogens with one attached hydrogen (secondary N) is 1. The third-order valence-electron chi connectivity index (χ3n) is 2.56. The Bertz CT molecular complexity index is 509. The van der Waals surface area contributed by atoms with Crippen LogP contribution in [0.4, 0.5) is 0 Å². The van der Waals surface area contributed by atoms with E-state index in [0.717, 1.165) is 16.0 Å². The Balaban J connectivity index is 1.96. The fourth-order valence-electron chi connectivity index (χ4n) is 1.54.